The van der Waals surface area contributed by atoms with E-state index in [1.807, 2.05) is 49.4 Å². The number of pyridine rings is 1. The Morgan fingerprint density at radius 3 is 2.65 bits per heavy atom. The van der Waals surface area contributed by atoms with Crippen LogP contribution in [0.1, 0.15) is 22.3 Å². The summed E-state index contributed by atoms with van der Waals surface area (Å²) in [5.41, 5.74) is 3.32. The van der Waals surface area contributed by atoms with Gasteiger partial charge < -0.3 is 5.32 Å². The third-order valence-corrected chi connectivity index (χ3v) is 7.86. The maximum absolute atomic E-state index is 14.7. The van der Waals surface area contributed by atoms with Crippen LogP contribution in [0.3, 0.4) is 0 Å². The number of aryl methyl sites for hydroxylation is 1. The average Bonchev–Trinajstić information content (AvgIpc) is 3.18. The summed E-state index contributed by atoms with van der Waals surface area (Å²) < 4.78 is 40.0. The SMILES string of the molecule is Cc1ccc(NC(=O)c2ccc(N3CCCS3(=O)=O)c(F)c2)cc1-c1nccc2ccccc12. The van der Waals surface area contributed by atoms with Gasteiger partial charge in [-0.2, -0.15) is 0 Å². The molecule has 0 aliphatic carbocycles. The molecule has 1 aromatic heterocycles. The molecule has 0 unspecified atom stereocenters. The molecular weight excluding hydrogens is 453 g/mol. The molecule has 1 amide bonds. The first kappa shape index (κ1) is 22.0. The summed E-state index contributed by atoms with van der Waals surface area (Å²) in [4.78, 5) is 17.4. The van der Waals surface area contributed by atoms with E-state index in [0.29, 0.717) is 12.1 Å². The van der Waals surface area contributed by atoms with Gasteiger partial charge in [-0.3, -0.25) is 14.1 Å². The Morgan fingerprint density at radius 1 is 1.06 bits per heavy atom. The highest BCUT2D eigenvalue weighted by Crippen LogP contribution is 2.31. The first-order valence-corrected chi connectivity index (χ1v) is 12.5. The Balaban J connectivity index is 1.43. The van der Waals surface area contributed by atoms with Crippen LogP contribution in [-0.2, 0) is 10.0 Å². The minimum Gasteiger partial charge on any atom is -0.322 e. The van der Waals surface area contributed by atoms with Gasteiger partial charge in [-0.25, -0.2) is 12.8 Å². The number of benzene rings is 3. The number of carbonyl (C=O) groups is 1. The van der Waals surface area contributed by atoms with E-state index in [4.69, 9.17) is 0 Å². The van der Waals surface area contributed by atoms with E-state index in [9.17, 15) is 17.6 Å². The first-order chi connectivity index (χ1) is 16.3. The Labute approximate surface area is 197 Å². The number of carbonyl (C=O) groups excluding carboxylic acids is 1. The van der Waals surface area contributed by atoms with Crippen molar-refractivity contribution in [3.8, 4) is 11.3 Å². The first-order valence-electron chi connectivity index (χ1n) is 10.9. The highest BCUT2D eigenvalue weighted by atomic mass is 32.2. The van der Waals surface area contributed by atoms with Crippen molar-refractivity contribution in [1.29, 1.82) is 0 Å². The Bertz CT molecular complexity index is 1530. The number of aromatic nitrogens is 1. The van der Waals surface area contributed by atoms with Gasteiger partial charge in [-0.05, 0) is 60.7 Å². The van der Waals surface area contributed by atoms with Gasteiger partial charge in [0.15, 0.2) is 0 Å². The van der Waals surface area contributed by atoms with E-state index in [1.54, 1.807) is 12.3 Å². The molecule has 8 heteroatoms. The van der Waals surface area contributed by atoms with Gasteiger partial charge in [-0.15, -0.1) is 0 Å². The van der Waals surface area contributed by atoms with Crippen molar-refractivity contribution in [3.63, 3.8) is 0 Å². The van der Waals surface area contributed by atoms with Crippen molar-refractivity contribution in [3.05, 3.63) is 89.9 Å². The van der Waals surface area contributed by atoms with Gasteiger partial charge in [0.25, 0.3) is 5.91 Å². The van der Waals surface area contributed by atoms with Crippen LogP contribution in [-0.4, -0.2) is 31.6 Å². The summed E-state index contributed by atoms with van der Waals surface area (Å²) in [7, 11) is -3.51. The molecule has 1 N–H and O–H groups in total. The van der Waals surface area contributed by atoms with Gasteiger partial charge in [0, 0.05) is 34.9 Å². The molecule has 1 aliphatic rings. The van der Waals surface area contributed by atoms with E-state index in [-0.39, 0.29) is 23.5 Å². The molecule has 6 nitrogen and oxygen atoms in total. The van der Waals surface area contributed by atoms with Crippen LogP contribution in [0, 0.1) is 12.7 Å². The van der Waals surface area contributed by atoms with Crippen molar-refractivity contribution < 1.29 is 17.6 Å². The number of sulfonamides is 1. The monoisotopic (exact) mass is 475 g/mol. The maximum atomic E-state index is 14.7. The number of hydrogen-bond donors (Lipinski definition) is 1. The molecule has 1 aliphatic heterocycles. The van der Waals surface area contributed by atoms with Crippen molar-refractivity contribution in [2.24, 2.45) is 0 Å². The van der Waals surface area contributed by atoms with Crippen molar-refractivity contribution in [2.75, 3.05) is 21.9 Å². The zero-order valence-electron chi connectivity index (χ0n) is 18.5. The van der Waals surface area contributed by atoms with E-state index < -0.39 is 21.7 Å². The van der Waals surface area contributed by atoms with Crippen molar-refractivity contribution in [2.45, 2.75) is 13.3 Å². The van der Waals surface area contributed by atoms with E-state index in [0.717, 1.165) is 38.0 Å². The van der Waals surface area contributed by atoms with Crippen LogP contribution in [0.2, 0.25) is 0 Å². The molecule has 0 atom stereocenters. The number of amides is 1. The van der Waals surface area contributed by atoms with Crippen LogP contribution in [0.4, 0.5) is 15.8 Å². The van der Waals surface area contributed by atoms with E-state index in [2.05, 4.69) is 10.3 Å². The Hall–Kier alpha value is -3.78. The molecule has 172 valence electrons. The number of fused-ring (bicyclic) bond motifs is 1. The van der Waals surface area contributed by atoms with Crippen LogP contribution in [0.5, 0.6) is 0 Å². The highest BCUT2D eigenvalue weighted by molar-refractivity contribution is 7.93. The lowest BCUT2D eigenvalue weighted by Crippen LogP contribution is -2.26. The normalized spacial score (nSPS) is 14.9. The van der Waals surface area contributed by atoms with Crippen molar-refractivity contribution >= 4 is 38.1 Å². The highest BCUT2D eigenvalue weighted by Gasteiger charge is 2.30. The summed E-state index contributed by atoms with van der Waals surface area (Å²) in [6, 6.07) is 19.3. The predicted molar refractivity (Wildman–Crippen MR) is 132 cm³/mol. The smallest absolute Gasteiger partial charge is 0.255 e. The molecule has 1 saturated heterocycles. The second-order valence-electron chi connectivity index (χ2n) is 8.27. The van der Waals surface area contributed by atoms with Gasteiger partial charge in [0.1, 0.15) is 5.82 Å². The molecule has 34 heavy (non-hydrogen) atoms. The lowest BCUT2D eigenvalue weighted by atomic mass is 9.99. The van der Waals surface area contributed by atoms with Gasteiger partial charge in [-0.1, -0.05) is 30.3 Å². The lowest BCUT2D eigenvalue weighted by Gasteiger charge is -2.18. The number of hydrogen-bond acceptors (Lipinski definition) is 4. The fourth-order valence-corrected chi connectivity index (χ4v) is 5.82. The van der Waals surface area contributed by atoms with E-state index >= 15 is 0 Å². The summed E-state index contributed by atoms with van der Waals surface area (Å²) in [5.74, 6) is -1.24. The molecule has 0 radical (unpaired) electrons. The largest absolute Gasteiger partial charge is 0.322 e. The third kappa shape index (κ3) is 4.01. The minimum absolute atomic E-state index is 0.00398. The number of nitrogens with zero attached hydrogens (tertiary/aromatic N) is 2. The molecule has 2 heterocycles. The van der Waals surface area contributed by atoms with Crippen LogP contribution < -0.4 is 9.62 Å². The Morgan fingerprint density at radius 2 is 1.88 bits per heavy atom. The Kier molecular flexibility index (Phi) is 5.53. The van der Waals surface area contributed by atoms with Crippen molar-refractivity contribution in [1.82, 2.24) is 4.98 Å². The second kappa shape index (κ2) is 8.53. The topological polar surface area (TPSA) is 79.4 Å². The van der Waals surface area contributed by atoms with E-state index in [1.165, 1.54) is 12.1 Å². The zero-order chi connectivity index (χ0) is 23.9. The van der Waals surface area contributed by atoms with Crippen LogP contribution in [0.15, 0.2) is 72.9 Å². The lowest BCUT2D eigenvalue weighted by molar-refractivity contribution is 0.102. The summed E-state index contributed by atoms with van der Waals surface area (Å²) in [6.45, 7) is 2.21. The summed E-state index contributed by atoms with van der Waals surface area (Å²) >= 11 is 0. The quantitative estimate of drug-likeness (QED) is 0.443. The molecule has 3 aromatic carbocycles. The standard InChI is InChI=1S/C26H22FN3O3S/c1-17-7-9-20(16-22(17)25-21-6-3-2-5-18(21)11-12-28-25)29-26(31)19-8-10-24(23(27)15-19)30-13-4-14-34(30,32)33/h2-3,5-12,15-16H,4,13-14H2,1H3,(H,29,31). The number of halogens is 1. The molecular formula is C26H22FN3O3S. The molecule has 0 saturated carbocycles. The molecule has 5 rings (SSSR count). The fraction of sp³-hybridized carbons (Fsp3) is 0.154. The van der Waals surface area contributed by atoms with Crippen LogP contribution in [0.25, 0.3) is 22.0 Å². The summed E-state index contributed by atoms with van der Waals surface area (Å²) in [5, 5.41) is 4.88. The maximum Gasteiger partial charge on any atom is 0.255 e. The molecule has 0 spiro atoms. The van der Waals surface area contributed by atoms with Crippen LogP contribution >= 0.6 is 0 Å². The van der Waals surface area contributed by atoms with Gasteiger partial charge >= 0.3 is 0 Å². The van der Waals surface area contributed by atoms with Gasteiger partial charge in [0.05, 0.1) is 17.1 Å². The summed E-state index contributed by atoms with van der Waals surface area (Å²) in [6.07, 6.45) is 2.21. The molecule has 0 bridgehead atoms. The number of rotatable bonds is 4. The predicted octanol–water partition coefficient (Wildman–Crippen LogP) is 5.14. The molecule has 1 fully saturated rings. The zero-order valence-corrected chi connectivity index (χ0v) is 19.3. The molecule has 4 aromatic rings. The third-order valence-electron chi connectivity index (χ3n) is 6.00. The van der Waals surface area contributed by atoms with Gasteiger partial charge in [0.2, 0.25) is 10.0 Å². The number of nitrogens with one attached hydrogen (secondary N) is 1. The second-order valence-corrected chi connectivity index (χ2v) is 10.3. The minimum atomic E-state index is -3.51. The number of anilines is 2. The fourth-order valence-electron chi connectivity index (χ4n) is 4.25. The average molecular weight is 476 g/mol.